The fourth-order valence-electron chi connectivity index (χ4n) is 1.76. The number of nitrogens with zero attached hydrogens (tertiary/aromatic N) is 4. The number of nitrogens with one attached hydrogen (secondary N) is 1. The highest BCUT2D eigenvalue weighted by molar-refractivity contribution is 5.52. The minimum atomic E-state index is 0.626. The molecule has 0 saturated carbocycles. The van der Waals surface area contributed by atoms with Crippen molar-refractivity contribution in [2.75, 3.05) is 11.9 Å². The molecule has 0 atom stereocenters. The van der Waals surface area contributed by atoms with Crippen LogP contribution in [0.3, 0.4) is 0 Å². The Morgan fingerprint density at radius 2 is 2.38 bits per heavy atom. The van der Waals surface area contributed by atoms with Crippen molar-refractivity contribution in [3.63, 3.8) is 0 Å². The van der Waals surface area contributed by atoms with Gasteiger partial charge in [-0.25, -0.2) is 4.98 Å². The number of hydrogen-bond acceptors (Lipinski definition) is 4. The molecule has 0 amide bonds. The first-order valence-corrected chi connectivity index (χ1v) is 5.32. The van der Waals surface area contributed by atoms with Crippen LogP contribution < -0.4 is 5.32 Å². The van der Waals surface area contributed by atoms with E-state index in [2.05, 4.69) is 33.9 Å². The first-order chi connectivity index (χ1) is 7.77. The van der Waals surface area contributed by atoms with E-state index in [0.717, 1.165) is 17.9 Å². The Labute approximate surface area is 94.2 Å². The summed E-state index contributed by atoms with van der Waals surface area (Å²) in [5.74, 6) is 1.59. The molecule has 5 nitrogen and oxygen atoms in total. The zero-order valence-electron chi connectivity index (χ0n) is 9.56. The Bertz CT molecular complexity index is 514. The van der Waals surface area contributed by atoms with Gasteiger partial charge < -0.3 is 5.32 Å². The summed E-state index contributed by atoms with van der Waals surface area (Å²) in [7, 11) is 0. The van der Waals surface area contributed by atoms with Crippen molar-refractivity contribution in [1.82, 2.24) is 19.6 Å². The van der Waals surface area contributed by atoms with Gasteiger partial charge in [-0.3, -0.25) is 0 Å². The van der Waals surface area contributed by atoms with Gasteiger partial charge in [0.1, 0.15) is 12.1 Å². The van der Waals surface area contributed by atoms with E-state index in [1.807, 2.05) is 13.0 Å². The van der Waals surface area contributed by atoms with Crippen LogP contribution in [0.1, 0.15) is 18.2 Å². The molecule has 0 bridgehead atoms. The summed E-state index contributed by atoms with van der Waals surface area (Å²) in [4.78, 5) is 8.50. The monoisotopic (exact) mass is 217 g/mol. The van der Waals surface area contributed by atoms with Crippen LogP contribution in [0, 0.1) is 6.92 Å². The average Bonchev–Trinajstić information content (AvgIpc) is 2.72. The third kappa shape index (κ3) is 1.64. The summed E-state index contributed by atoms with van der Waals surface area (Å²) < 4.78 is 1.73. The summed E-state index contributed by atoms with van der Waals surface area (Å²) in [6.07, 6.45) is 4.24. The van der Waals surface area contributed by atoms with Gasteiger partial charge in [0, 0.05) is 17.8 Å². The molecule has 2 heterocycles. The number of aromatic nitrogens is 4. The molecular weight excluding hydrogens is 202 g/mol. The molecule has 0 aliphatic carbocycles. The predicted octanol–water partition coefficient (Wildman–Crippen LogP) is 1.59. The topological polar surface area (TPSA) is 55.1 Å². The molecule has 0 fully saturated rings. The van der Waals surface area contributed by atoms with Crippen molar-refractivity contribution in [2.45, 2.75) is 20.3 Å². The second kappa shape index (κ2) is 4.30. The predicted molar refractivity (Wildman–Crippen MR) is 63.6 cm³/mol. The van der Waals surface area contributed by atoms with Crippen LogP contribution in [0.5, 0.6) is 0 Å². The lowest BCUT2D eigenvalue weighted by Gasteiger charge is -2.12. The number of rotatable bonds is 4. The van der Waals surface area contributed by atoms with Gasteiger partial charge in [0.05, 0.1) is 0 Å². The van der Waals surface area contributed by atoms with Crippen molar-refractivity contribution in [1.29, 1.82) is 0 Å². The summed E-state index contributed by atoms with van der Waals surface area (Å²) >= 11 is 0. The maximum atomic E-state index is 4.40. The molecule has 0 aliphatic heterocycles. The Morgan fingerprint density at radius 1 is 1.56 bits per heavy atom. The molecule has 1 N–H and O–H groups in total. The molecule has 5 heteroatoms. The van der Waals surface area contributed by atoms with Gasteiger partial charge in [0.15, 0.2) is 0 Å². The fraction of sp³-hybridized carbons (Fsp3) is 0.364. The van der Waals surface area contributed by atoms with Crippen LogP contribution in [-0.4, -0.2) is 26.1 Å². The quantitative estimate of drug-likeness (QED) is 0.790. The highest BCUT2D eigenvalue weighted by Crippen LogP contribution is 2.19. The van der Waals surface area contributed by atoms with E-state index in [-0.39, 0.29) is 0 Å². The first-order valence-electron chi connectivity index (χ1n) is 5.32. The molecule has 2 aromatic rings. The van der Waals surface area contributed by atoms with Crippen molar-refractivity contribution >= 4 is 11.6 Å². The van der Waals surface area contributed by atoms with Crippen molar-refractivity contribution in [3.8, 4) is 0 Å². The largest absolute Gasteiger partial charge is 0.366 e. The van der Waals surface area contributed by atoms with Crippen LogP contribution in [0.15, 0.2) is 19.0 Å². The lowest BCUT2D eigenvalue weighted by Crippen LogP contribution is -2.11. The van der Waals surface area contributed by atoms with Crippen LogP contribution >= 0.6 is 0 Å². The number of aryl methyl sites for hydroxylation is 1. The van der Waals surface area contributed by atoms with Crippen LogP contribution in [0.25, 0.3) is 5.78 Å². The van der Waals surface area contributed by atoms with Gasteiger partial charge in [-0.15, -0.1) is 6.58 Å². The molecule has 0 spiro atoms. The lowest BCUT2D eigenvalue weighted by atomic mass is 10.1. The van der Waals surface area contributed by atoms with Gasteiger partial charge in [0.25, 0.3) is 5.78 Å². The van der Waals surface area contributed by atoms with E-state index in [4.69, 9.17) is 0 Å². The summed E-state index contributed by atoms with van der Waals surface area (Å²) in [5, 5.41) is 7.45. The van der Waals surface area contributed by atoms with E-state index in [1.54, 1.807) is 4.52 Å². The Hall–Kier alpha value is -1.91. The number of fused-ring (bicyclic) bond motifs is 1. The molecule has 2 rings (SSSR count). The normalized spacial score (nSPS) is 10.6. The standard InChI is InChI=1S/C11H15N5/c1-4-6-12-10-9(5-2)8(3)15-11-13-7-14-16(10)11/h4,7,12H,1,5-6H2,2-3H3. The minimum absolute atomic E-state index is 0.626. The molecule has 16 heavy (non-hydrogen) atoms. The lowest BCUT2D eigenvalue weighted by molar-refractivity contribution is 0.894. The minimum Gasteiger partial charge on any atom is -0.366 e. The summed E-state index contributed by atoms with van der Waals surface area (Å²) in [6, 6.07) is 0. The maximum Gasteiger partial charge on any atom is 0.254 e. The van der Waals surface area contributed by atoms with Gasteiger partial charge >= 0.3 is 0 Å². The van der Waals surface area contributed by atoms with E-state index >= 15 is 0 Å². The Morgan fingerprint density at radius 3 is 3.06 bits per heavy atom. The SMILES string of the molecule is C=CCNc1c(CC)c(C)nc2ncnn12. The van der Waals surface area contributed by atoms with E-state index < -0.39 is 0 Å². The second-order valence-corrected chi connectivity index (χ2v) is 3.52. The zero-order chi connectivity index (χ0) is 11.5. The first kappa shape index (κ1) is 10.6. The highest BCUT2D eigenvalue weighted by atomic mass is 15.4. The number of anilines is 1. The van der Waals surface area contributed by atoms with Crippen LogP contribution in [0.4, 0.5) is 5.82 Å². The third-order valence-corrected chi connectivity index (χ3v) is 2.50. The average molecular weight is 217 g/mol. The molecule has 0 unspecified atom stereocenters. The van der Waals surface area contributed by atoms with Gasteiger partial charge in [-0.1, -0.05) is 13.0 Å². The Balaban J connectivity index is 2.62. The van der Waals surface area contributed by atoms with E-state index in [9.17, 15) is 0 Å². The van der Waals surface area contributed by atoms with Crippen LogP contribution in [0.2, 0.25) is 0 Å². The van der Waals surface area contributed by atoms with E-state index in [0.29, 0.717) is 12.3 Å². The van der Waals surface area contributed by atoms with Gasteiger partial charge in [-0.2, -0.15) is 14.6 Å². The summed E-state index contributed by atoms with van der Waals surface area (Å²) in [6.45, 7) is 8.49. The van der Waals surface area contributed by atoms with Gasteiger partial charge in [0.2, 0.25) is 0 Å². The van der Waals surface area contributed by atoms with Crippen molar-refractivity contribution in [2.24, 2.45) is 0 Å². The van der Waals surface area contributed by atoms with Crippen molar-refractivity contribution < 1.29 is 0 Å². The molecule has 0 radical (unpaired) electrons. The van der Waals surface area contributed by atoms with Crippen molar-refractivity contribution in [3.05, 3.63) is 30.2 Å². The van der Waals surface area contributed by atoms with E-state index in [1.165, 1.54) is 11.9 Å². The second-order valence-electron chi connectivity index (χ2n) is 3.52. The van der Waals surface area contributed by atoms with Crippen LogP contribution in [-0.2, 0) is 6.42 Å². The molecule has 0 saturated heterocycles. The maximum absolute atomic E-state index is 4.40. The smallest absolute Gasteiger partial charge is 0.254 e. The summed E-state index contributed by atoms with van der Waals surface area (Å²) in [5.41, 5.74) is 2.16. The number of hydrogen-bond donors (Lipinski definition) is 1. The third-order valence-electron chi connectivity index (χ3n) is 2.50. The highest BCUT2D eigenvalue weighted by Gasteiger charge is 2.11. The molecular formula is C11H15N5. The molecule has 84 valence electrons. The molecule has 0 aromatic carbocycles. The molecule has 2 aromatic heterocycles. The molecule has 0 aliphatic rings. The zero-order valence-corrected chi connectivity index (χ0v) is 9.56. The fourth-order valence-corrected chi connectivity index (χ4v) is 1.76. The Kier molecular flexibility index (Phi) is 2.85. The van der Waals surface area contributed by atoms with Gasteiger partial charge in [-0.05, 0) is 13.3 Å².